The highest BCUT2D eigenvalue weighted by Crippen LogP contribution is 2.26. The summed E-state index contributed by atoms with van der Waals surface area (Å²) < 4.78 is 4.58. The van der Waals surface area contributed by atoms with Crippen molar-refractivity contribution in [3.63, 3.8) is 0 Å². The quantitative estimate of drug-likeness (QED) is 0.773. The van der Waals surface area contributed by atoms with E-state index >= 15 is 0 Å². The number of esters is 1. The van der Waals surface area contributed by atoms with E-state index in [2.05, 4.69) is 10.1 Å². The molecule has 0 saturated carbocycles. The van der Waals surface area contributed by atoms with Crippen LogP contribution in [0.15, 0.2) is 18.2 Å². The van der Waals surface area contributed by atoms with Gasteiger partial charge in [-0.2, -0.15) is 0 Å². The van der Waals surface area contributed by atoms with E-state index < -0.39 is 11.9 Å². The maximum Gasteiger partial charge on any atom is 0.340 e. The predicted molar refractivity (Wildman–Crippen MR) is 60.5 cm³/mol. The molecule has 0 aliphatic rings. The first kappa shape index (κ1) is 12.3. The predicted octanol–water partition coefficient (Wildman–Crippen LogP) is 1.02. The lowest BCUT2D eigenvalue weighted by atomic mass is 10.2. The molecule has 0 saturated heterocycles. The van der Waals surface area contributed by atoms with Crippen LogP contribution in [-0.2, 0) is 9.53 Å². The molecule has 0 spiro atoms. The first-order valence-corrected chi connectivity index (χ1v) is 4.83. The van der Waals surface area contributed by atoms with E-state index in [1.54, 1.807) is 18.2 Å². The fourth-order valence-electron chi connectivity index (χ4n) is 1.16. The zero-order chi connectivity index (χ0) is 12.1. The summed E-state index contributed by atoms with van der Waals surface area (Å²) >= 11 is 5.89. The molecule has 16 heavy (non-hydrogen) atoms. The number of anilines is 1. The van der Waals surface area contributed by atoms with Crippen molar-refractivity contribution in [3.8, 4) is 0 Å². The molecule has 1 rings (SSSR count). The molecule has 0 heterocycles. The number of nitrogens with one attached hydrogen (secondary N) is 1. The number of ether oxygens (including phenoxy) is 1. The summed E-state index contributed by atoms with van der Waals surface area (Å²) in [5.41, 5.74) is 5.59. The number of hydrogen-bond donors (Lipinski definition) is 2. The fraction of sp³-hybridized carbons (Fsp3) is 0.200. The number of carbonyl (C=O) groups excluding carboxylic acids is 2. The molecule has 1 aromatic rings. The van der Waals surface area contributed by atoms with Crippen LogP contribution in [0.5, 0.6) is 0 Å². The number of methoxy groups -OCH3 is 1. The molecule has 6 heteroatoms. The van der Waals surface area contributed by atoms with E-state index in [0.29, 0.717) is 10.7 Å². The standard InChI is InChI=1S/C10H11ClN2O3/c1-16-10(15)6-3-2-4-7(11)9(6)13-5-8(12)14/h2-4,13H,5H2,1H3,(H2,12,14). The molecule has 3 N–H and O–H groups in total. The van der Waals surface area contributed by atoms with Gasteiger partial charge in [-0.05, 0) is 12.1 Å². The van der Waals surface area contributed by atoms with Crippen LogP contribution in [0.3, 0.4) is 0 Å². The van der Waals surface area contributed by atoms with Crippen LogP contribution in [0.25, 0.3) is 0 Å². The number of rotatable bonds is 4. The van der Waals surface area contributed by atoms with Gasteiger partial charge in [0.1, 0.15) is 0 Å². The minimum absolute atomic E-state index is 0.103. The Morgan fingerprint density at radius 1 is 1.50 bits per heavy atom. The van der Waals surface area contributed by atoms with Gasteiger partial charge in [0.2, 0.25) is 5.91 Å². The molecular formula is C10H11ClN2O3. The molecule has 0 aliphatic carbocycles. The lowest BCUT2D eigenvalue weighted by Gasteiger charge is -2.10. The molecule has 0 aromatic heterocycles. The molecule has 5 nitrogen and oxygen atoms in total. The van der Waals surface area contributed by atoms with Crippen molar-refractivity contribution in [2.75, 3.05) is 19.0 Å². The third-order valence-electron chi connectivity index (χ3n) is 1.86. The zero-order valence-corrected chi connectivity index (χ0v) is 9.38. The highest BCUT2D eigenvalue weighted by molar-refractivity contribution is 6.34. The number of para-hydroxylation sites is 1. The van der Waals surface area contributed by atoms with Crippen molar-refractivity contribution < 1.29 is 14.3 Å². The van der Waals surface area contributed by atoms with Gasteiger partial charge in [0.05, 0.1) is 29.9 Å². The monoisotopic (exact) mass is 242 g/mol. The molecule has 1 aromatic carbocycles. The third kappa shape index (κ3) is 2.87. The van der Waals surface area contributed by atoms with E-state index in [1.165, 1.54) is 7.11 Å². The molecule has 0 atom stereocenters. The van der Waals surface area contributed by atoms with Gasteiger partial charge >= 0.3 is 5.97 Å². The molecule has 0 radical (unpaired) electrons. The van der Waals surface area contributed by atoms with E-state index in [1.807, 2.05) is 0 Å². The van der Waals surface area contributed by atoms with Crippen LogP contribution in [0.4, 0.5) is 5.69 Å². The summed E-state index contributed by atoms with van der Waals surface area (Å²) in [4.78, 5) is 22.0. The average molecular weight is 243 g/mol. The first-order chi connectivity index (χ1) is 7.56. The number of carbonyl (C=O) groups is 2. The summed E-state index contributed by atoms with van der Waals surface area (Å²) in [6, 6.07) is 4.75. The summed E-state index contributed by atoms with van der Waals surface area (Å²) in [7, 11) is 1.26. The van der Waals surface area contributed by atoms with Crippen molar-refractivity contribution in [1.82, 2.24) is 0 Å². The van der Waals surface area contributed by atoms with E-state index in [-0.39, 0.29) is 12.1 Å². The summed E-state index contributed by atoms with van der Waals surface area (Å²) in [5, 5.41) is 3.01. The number of primary amides is 1. The largest absolute Gasteiger partial charge is 0.465 e. The molecule has 1 amide bonds. The maximum atomic E-state index is 11.4. The van der Waals surface area contributed by atoms with Crippen molar-refractivity contribution >= 4 is 29.2 Å². The van der Waals surface area contributed by atoms with Crippen molar-refractivity contribution in [2.45, 2.75) is 0 Å². The van der Waals surface area contributed by atoms with Crippen molar-refractivity contribution in [3.05, 3.63) is 28.8 Å². The van der Waals surface area contributed by atoms with Gasteiger partial charge in [0.25, 0.3) is 0 Å². The highest BCUT2D eigenvalue weighted by Gasteiger charge is 2.14. The van der Waals surface area contributed by atoms with Gasteiger partial charge in [-0.3, -0.25) is 4.79 Å². The van der Waals surface area contributed by atoms with E-state index in [0.717, 1.165) is 0 Å². The highest BCUT2D eigenvalue weighted by atomic mass is 35.5. The molecular weight excluding hydrogens is 232 g/mol. The van der Waals surface area contributed by atoms with Crippen LogP contribution in [0.1, 0.15) is 10.4 Å². The van der Waals surface area contributed by atoms with Gasteiger partial charge < -0.3 is 15.8 Å². The molecule has 0 bridgehead atoms. The summed E-state index contributed by atoms with van der Waals surface area (Å²) in [5.74, 6) is -1.08. The van der Waals surface area contributed by atoms with Crippen LogP contribution < -0.4 is 11.1 Å². The Bertz CT molecular complexity index is 421. The zero-order valence-electron chi connectivity index (χ0n) is 8.62. The molecule has 0 unspecified atom stereocenters. The number of benzene rings is 1. The number of halogens is 1. The molecule has 0 fully saturated rings. The lowest BCUT2D eigenvalue weighted by Crippen LogP contribution is -2.23. The second-order valence-corrected chi connectivity index (χ2v) is 3.38. The second kappa shape index (κ2) is 5.37. The maximum absolute atomic E-state index is 11.4. The Labute approximate surface area is 97.5 Å². The Balaban J connectivity index is 3.03. The summed E-state index contributed by atoms with van der Waals surface area (Å²) in [6.45, 7) is -0.103. The Kier molecular flexibility index (Phi) is 4.13. The van der Waals surface area contributed by atoms with Gasteiger partial charge in [-0.25, -0.2) is 4.79 Å². The molecule has 86 valence electrons. The SMILES string of the molecule is COC(=O)c1cccc(Cl)c1NCC(N)=O. The molecule has 0 aliphatic heterocycles. The minimum Gasteiger partial charge on any atom is -0.465 e. The van der Waals surface area contributed by atoms with Crippen LogP contribution in [0.2, 0.25) is 5.02 Å². The van der Waals surface area contributed by atoms with Crippen LogP contribution in [0, 0.1) is 0 Å². The van der Waals surface area contributed by atoms with Gasteiger partial charge in [-0.15, -0.1) is 0 Å². The fourth-order valence-corrected chi connectivity index (χ4v) is 1.40. The number of nitrogens with two attached hydrogens (primary N) is 1. The third-order valence-corrected chi connectivity index (χ3v) is 2.17. The van der Waals surface area contributed by atoms with E-state index in [9.17, 15) is 9.59 Å². The Morgan fingerprint density at radius 2 is 2.19 bits per heavy atom. The topological polar surface area (TPSA) is 81.4 Å². The van der Waals surface area contributed by atoms with Crippen LogP contribution >= 0.6 is 11.6 Å². The van der Waals surface area contributed by atoms with Crippen molar-refractivity contribution in [2.24, 2.45) is 5.73 Å². The van der Waals surface area contributed by atoms with Crippen LogP contribution in [-0.4, -0.2) is 25.5 Å². The van der Waals surface area contributed by atoms with Crippen molar-refractivity contribution in [1.29, 1.82) is 0 Å². The Morgan fingerprint density at radius 3 is 2.75 bits per heavy atom. The van der Waals surface area contributed by atoms with Gasteiger partial charge in [0, 0.05) is 0 Å². The first-order valence-electron chi connectivity index (χ1n) is 4.45. The normalized spacial score (nSPS) is 9.62. The number of hydrogen-bond acceptors (Lipinski definition) is 4. The Hall–Kier alpha value is -1.75. The smallest absolute Gasteiger partial charge is 0.340 e. The van der Waals surface area contributed by atoms with E-state index in [4.69, 9.17) is 17.3 Å². The number of amides is 1. The summed E-state index contributed by atoms with van der Waals surface area (Å²) in [6.07, 6.45) is 0. The second-order valence-electron chi connectivity index (χ2n) is 2.97. The average Bonchev–Trinajstić information content (AvgIpc) is 2.25. The van der Waals surface area contributed by atoms with Gasteiger partial charge in [0.15, 0.2) is 0 Å². The lowest BCUT2D eigenvalue weighted by molar-refractivity contribution is -0.116. The minimum atomic E-state index is -0.546. The van der Waals surface area contributed by atoms with Gasteiger partial charge in [-0.1, -0.05) is 17.7 Å².